The Kier molecular flexibility index (Phi) is 4.00. The molecule has 0 aromatic heterocycles. The third kappa shape index (κ3) is 3.93. The highest BCUT2D eigenvalue weighted by molar-refractivity contribution is 5.79. The highest BCUT2D eigenvalue weighted by Crippen LogP contribution is 1.89. The molecule has 0 fully saturated rings. The summed E-state index contributed by atoms with van der Waals surface area (Å²) in [6, 6.07) is -0.520. The average molecular weight is 131 g/mol. The summed E-state index contributed by atoms with van der Waals surface area (Å²) in [5, 5.41) is 0. The van der Waals surface area contributed by atoms with Gasteiger partial charge in [-0.3, -0.25) is 4.79 Å². The van der Waals surface area contributed by atoms with Crippen molar-refractivity contribution in [3.05, 3.63) is 0 Å². The predicted octanol–water partition coefficient (Wildman–Crippen LogP) is -1.46. The lowest BCUT2D eigenvalue weighted by Gasteiger charge is -2.03. The molecule has 0 aliphatic rings. The molecule has 6 N–H and O–H groups in total. The molecule has 9 heavy (non-hydrogen) atoms. The van der Waals surface area contributed by atoms with Crippen LogP contribution < -0.4 is 17.2 Å². The normalized spacial score (nSPS) is 13.1. The van der Waals surface area contributed by atoms with Crippen LogP contribution in [-0.2, 0) is 4.79 Å². The van der Waals surface area contributed by atoms with Crippen molar-refractivity contribution in [2.24, 2.45) is 17.2 Å². The van der Waals surface area contributed by atoms with Crippen molar-refractivity contribution in [1.82, 2.24) is 0 Å². The summed E-state index contributed by atoms with van der Waals surface area (Å²) in [6.07, 6.45) is 1.34. The Morgan fingerprint density at radius 3 is 2.44 bits per heavy atom. The van der Waals surface area contributed by atoms with Gasteiger partial charge in [-0.15, -0.1) is 0 Å². The van der Waals surface area contributed by atoms with E-state index in [0.717, 1.165) is 6.42 Å². The van der Waals surface area contributed by atoms with Crippen LogP contribution >= 0.6 is 0 Å². The third-order valence-electron chi connectivity index (χ3n) is 1.08. The summed E-state index contributed by atoms with van der Waals surface area (Å²) < 4.78 is 0. The van der Waals surface area contributed by atoms with Gasteiger partial charge in [-0.2, -0.15) is 0 Å². The van der Waals surface area contributed by atoms with Gasteiger partial charge in [0.15, 0.2) is 0 Å². The Morgan fingerprint density at radius 2 is 2.11 bits per heavy atom. The van der Waals surface area contributed by atoms with E-state index < -0.39 is 11.9 Å². The molecular formula is C5H13N3O. The fourth-order valence-electron chi connectivity index (χ4n) is 0.480. The minimum Gasteiger partial charge on any atom is -0.368 e. The van der Waals surface area contributed by atoms with E-state index in [-0.39, 0.29) is 0 Å². The quantitative estimate of drug-likeness (QED) is 0.435. The molecule has 1 amide bonds. The van der Waals surface area contributed by atoms with E-state index in [4.69, 9.17) is 17.2 Å². The molecule has 54 valence electrons. The molecular weight excluding hydrogens is 118 g/mol. The second-order valence-electron chi connectivity index (χ2n) is 1.94. The molecule has 0 aliphatic heterocycles. The summed E-state index contributed by atoms with van der Waals surface area (Å²) in [4.78, 5) is 10.3. The van der Waals surface area contributed by atoms with E-state index in [2.05, 4.69) is 0 Å². The molecule has 0 unspecified atom stereocenters. The standard InChI is InChI=1S/C5H13N3O/c6-3-1-2-4(7)5(8)9/h4H,1-3,6-7H2,(H2,8,9)/t4-/m0/s1. The minimum atomic E-state index is -0.520. The van der Waals surface area contributed by atoms with Crippen molar-refractivity contribution in [1.29, 1.82) is 0 Å². The molecule has 0 aromatic rings. The fraction of sp³-hybridized carbons (Fsp3) is 0.800. The number of nitrogens with two attached hydrogens (primary N) is 3. The zero-order valence-corrected chi connectivity index (χ0v) is 5.34. The largest absolute Gasteiger partial charge is 0.368 e. The molecule has 0 rings (SSSR count). The Hall–Kier alpha value is -0.610. The van der Waals surface area contributed by atoms with E-state index >= 15 is 0 Å². The fourth-order valence-corrected chi connectivity index (χ4v) is 0.480. The highest BCUT2D eigenvalue weighted by atomic mass is 16.1. The first-order valence-electron chi connectivity index (χ1n) is 2.93. The van der Waals surface area contributed by atoms with Gasteiger partial charge in [-0.1, -0.05) is 0 Å². The van der Waals surface area contributed by atoms with Crippen LogP contribution in [0.15, 0.2) is 0 Å². The predicted molar refractivity (Wildman–Crippen MR) is 35.5 cm³/mol. The molecule has 4 nitrogen and oxygen atoms in total. The van der Waals surface area contributed by atoms with Gasteiger partial charge in [-0.05, 0) is 19.4 Å². The summed E-state index contributed by atoms with van der Waals surface area (Å²) in [6.45, 7) is 0.557. The van der Waals surface area contributed by atoms with E-state index in [9.17, 15) is 4.79 Å². The maximum absolute atomic E-state index is 10.3. The molecule has 0 spiro atoms. The number of hydrogen-bond donors (Lipinski definition) is 3. The Morgan fingerprint density at radius 1 is 1.56 bits per heavy atom. The number of rotatable bonds is 4. The van der Waals surface area contributed by atoms with Gasteiger partial charge in [0.1, 0.15) is 0 Å². The summed E-state index contributed by atoms with van der Waals surface area (Å²) in [5.41, 5.74) is 15.3. The molecule has 0 aliphatic carbocycles. The zero-order valence-electron chi connectivity index (χ0n) is 5.34. The number of carbonyl (C=O) groups is 1. The maximum Gasteiger partial charge on any atom is 0.234 e. The molecule has 0 heterocycles. The van der Waals surface area contributed by atoms with Crippen LogP contribution in [0.3, 0.4) is 0 Å². The van der Waals surface area contributed by atoms with Crippen LogP contribution in [0.2, 0.25) is 0 Å². The van der Waals surface area contributed by atoms with Crippen LogP contribution in [0.1, 0.15) is 12.8 Å². The number of carbonyl (C=O) groups excluding carboxylic acids is 1. The lowest BCUT2D eigenvalue weighted by molar-refractivity contribution is -0.119. The maximum atomic E-state index is 10.3. The smallest absolute Gasteiger partial charge is 0.234 e. The SMILES string of the molecule is NCCC[C@H](N)C(N)=O. The first kappa shape index (κ1) is 8.39. The lowest BCUT2D eigenvalue weighted by atomic mass is 10.1. The highest BCUT2D eigenvalue weighted by Gasteiger charge is 2.06. The summed E-state index contributed by atoms with van der Waals surface area (Å²) >= 11 is 0. The first-order valence-corrected chi connectivity index (χ1v) is 2.93. The summed E-state index contributed by atoms with van der Waals surface area (Å²) in [5.74, 6) is -0.455. The molecule has 0 saturated carbocycles. The summed E-state index contributed by atoms with van der Waals surface area (Å²) in [7, 11) is 0. The number of amides is 1. The van der Waals surface area contributed by atoms with E-state index in [0.29, 0.717) is 13.0 Å². The monoisotopic (exact) mass is 131 g/mol. The van der Waals surface area contributed by atoms with Crippen LogP contribution in [0.25, 0.3) is 0 Å². The number of hydrogen-bond acceptors (Lipinski definition) is 3. The Balaban J connectivity index is 3.27. The second-order valence-corrected chi connectivity index (χ2v) is 1.94. The molecule has 0 radical (unpaired) electrons. The van der Waals surface area contributed by atoms with E-state index in [1.165, 1.54) is 0 Å². The molecule has 0 bridgehead atoms. The molecule has 0 saturated heterocycles. The van der Waals surface area contributed by atoms with E-state index in [1.54, 1.807) is 0 Å². The lowest BCUT2D eigenvalue weighted by Crippen LogP contribution is -2.36. The second kappa shape index (κ2) is 4.29. The van der Waals surface area contributed by atoms with Gasteiger partial charge >= 0.3 is 0 Å². The van der Waals surface area contributed by atoms with E-state index in [1.807, 2.05) is 0 Å². The van der Waals surface area contributed by atoms with Gasteiger partial charge in [0.05, 0.1) is 6.04 Å². The Bertz CT molecular complexity index is 94.2. The zero-order chi connectivity index (χ0) is 7.28. The topological polar surface area (TPSA) is 95.1 Å². The van der Waals surface area contributed by atoms with Crippen molar-refractivity contribution in [3.8, 4) is 0 Å². The Labute approximate surface area is 54.4 Å². The van der Waals surface area contributed by atoms with Crippen molar-refractivity contribution < 1.29 is 4.79 Å². The minimum absolute atomic E-state index is 0.455. The van der Waals surface area contributed by atoms with Crippen molar-refractivity contribution in [2.45, 2.75) is 18.9 Å². The number of primary amides is 1. The van der Waals surface area contributed by atoms with Crippen molar-refractivity contribution in [2.75, 3.05) is 6.54 Å². The van der Waals surface area contributed by atoms with Gasteiger partial charge in [0.25, 0.3) is 0 Å². The van der Waals surface area contributed by atoms with Crippen LogP contribution in [-0.4, -0.2) is 18.5 Å². The average Bonchev–Trinajstić information content (AvgIpc) is 1.82. The van der Waals surface area contributed by atoms with Gasteiger partial charge in [-0.25, -0.2) is 0 Å². The van der Waals surface area contributed by atoms with Crippen LogP contribution in [0.5, 0.6) is 0 Å². The molecule has 0 aromatic carbocycles. The van der Waals surface area contributed by atoms with Gasteiger partial charge in [0, 0.05) is 0 Å². The van der Waals surface area contributed by atoms with Crippen LogP contribution in [0, 0.1) is 0 Å². The molecule has 4 heteroatoms. The van der Waals surface area contributed by atoms with Gasteiger partial charge in [0.2, 0.25) is 5.91 Å². The third-order valence-corrected chi connectivity index (χ3v) is 1.08. The van der Waals surface area contributed by atoms with Gasteiger partial charge < -0.3 is 17.2 Å². The van der Waals surface area contributed by atoms with Crippen molar-refractivity contribution in [3.63, 3.8) is 0 Å². The van der Waals surface area contributed by atoms with Crippen LogP contribution in [0.4, 0.5) is 0 Å². The molecule has 1 atom stereocenters. The van der Waals surface area contributed by atoms with Crippen molar-refractivity contribution >= 4 is 5.91 Å². The first-order chi connectivity index (χ1) is 4.18.